The Morgan fingerprint density at radius 3 is 1.87 bits per heavy atom. The maximum absolute atomic E-state index is 13.1. The molecule has 166 valence electrons. The predicted octanol–water partition coefficient (Wildman–Crippen LogP) is 1.58. The maximum atomic E-state index is 13.1. The number of amides is 3. The molecule has 0 spiro atoms. The van der Waals surface area contributed by atoms with Gasteiger partial charge in [-0.3, -0.25) is 19.6 Å². The van der Waals surface area contributed by atoms with Gasteiger partial charge in [0.1, 0.15) is 6.04 Å². The molecular weight excluding hydrogens is 398 g/mol. The molecule has 2 rings (SSSR count). The molecule has 0 aliphatic carbocycles. The quantitative estimate of drug-likeness (QED) is 0.339. The number of likely N-dealkylation sites (N-methyl/N-ethyl adjacent to an activating group) is 1. The van der Waals surface area contributed by atoms with Crippen molar-refractivity contribution in [2.75, 3.05) is 7.05 Å². The van der Waals surface area contributed by atoms with E-state index in [1.165, 1.54) is 12.5 Å². The summed E-state index contributed by atoms with van der Waals surface area (Å²) in [7, 11) is 1.46. The van der Waals surface area contributed by atoms with Gasteiger partial charge < -0.3 is 15.7 Å². The van der Waals surface area contributed by atoms with Gasteiger partial charge in [0.05, 0.1) is 5.92 Å². The molecule has 0 saturated carbocycles. The Morgan fingerprint density at radius 1 is 0.839 bits per heavy atom. The van der Waals surface area contributed by atoms with Gasteiger partial charge in [-0.15, -0.1) is 0 Å². The van der Waals surface area contributed by atoms with Crippen LogP contribution in [0.2, 0.25) is 0 Å². The minimum Gasteiger partial charge on any atom is -0.382 e. The zero-order valence-electron chi connectivity index (χ0n) is 18.0. The average molecular weight is 428 g/mol. The van der Waals surface area contributed by atoms with Crippen molar-refractivity contribution in [3.8, 4) is 11.1 Å². The molecule has 2 aromatic carbocycles. The smallest absolute Gasteiger partial charge is 0.273 e. The lowest BCUT2D eigenvalue weighted by Gasteiger charge is -2.32. The van der Waals surface area contributed by atoms with E-state index in [0.29, 0.717) is 5.56 Å². The van der Waals surface area contributed by atoms with Crippen LogP contribution in [-0.4, -0.2) is 47.2 Å². The zero-order chi connectivity index (χ0) is 23.2. The van der Waals surface area contributed by atoms with E-state index >= 15 is 0 Å². The van der Waals surface area contributed by atoms with Crippen LogP contribution >= 0.6 is 0 Å². The largest absolute Gasteiger partial charge is 0.382 e. The molecule has 0 aliphatic rings. The van der Waals surface area contributed by atoms with Gasteiger partial charge in [-0.25, -0.2) is 5.48 Å². The van der Waals surface area contributed by atoms with E-state index in [2.05, 4.69) is 10.6 Å². The number of rotatable bonds is 7. The van der Waals surface area contributed by atoms with Crippen LogP contribution in [0, 0.1) is 5.41 Å². The molecule has 0 fully saturated rings. The zero-order valence-corrected chi connectivity index (χ0v) is 18.0. The molecule has 2 aromatic rings. The molecule has 31 heavy (non-hydrogen) atoms. The standard InChI is InChI=1S/C23H29N3O5/c1-23(2,3)19(22(30)24-4)25-20(28)17(18(27)21(29)26-31)16-12-10-15(11-13-16)14-8-6-5-7-9-14/h5-13,17-19,27,31H,1-4H3,(H,24,30)(H,25,28)(H,26,29)/t17?,18?,19-/m1/s1. The molecule has 0 saturated heterocycles. The summed E-state index contributed by atoms with van der Waals surface area (Å²) in [6.07, 6.45) is -1.86. The van der Waals surface area contributed by atoms with Crippen LogP contribution in [-0.2, 0) is 14.4 Å². The number of hydroxylamine groups is 1. The number of aliphatic hydroxyl groups is 1. The second-order valence-corrected chi connectivity index (χ2v) is 8.31. The van der Waals surface area contributed by atoms with Crippen molar-refractivity contribution < 1.29 is 24.7 Å². The molecule has 3 amide bonds. The Labute approximate surface area is 181 Å². The fraction of sp³-hybridized carbons (Fsp3) is 0.348. The van der Waals surface area contributed by atoms with Crippen molar-refractivity contribution in [3.63, 3.8) is 0 Å². The molecular formula is C23H29N3O5. The second kappa shape index (κ2) is 10.2. The summed E-state index contributed by atoms with van der Waals surface area (Å²) in [6.45, 7) is 5.36. The summed E-state index contributed by atoms with van der Waals surface area (Å²) in [5, 5.41) is 24.6. The number of aliphatic hydroxyl groups excluding tert-OH is 1. The SMILES string of the molecule is CNC(=O)[C@@H](NC(=O)C(c1ccc(-c2ccccc2)cc1)C(O)C(=O)NO)C(C)(C)C. The average Bonchev–Trinajstić information content (AvgIpc) is 2.76. The lowest BCUT2D eigenvalue weighted by atomic mass is 9.84. The van der Waals surface area contributed by atoms with Crippen LogP contribution in [0.1, 0.15) is 32.3 Å². The summed E-state index contributed by atoms with van der Waals surface area (Å²) in [6, 6.07) is 15.5. The predicted molar refractivity (Wildman–Crippen MR) is 116 cm³/mol. The highest BCUT2D eigenvalue weighted by atomic mass is 16.5. The van der Waals surface area contributed by atoms with Crippen molar-refractivity contribution >= 4 is 17.7 Å². The van der Waals surface area contributed by atoms with Crippen molar-refractivity contribution in [3.05, 3.63) is 60.2 Å². The van der Waals surface area contributed by atoms with E-state index < -0.39 is 41.2 Å². The summed E-state index contributed by atoms with van der Waals surface area (Å²) >= 11 is 0. The third kappa shape index (κ3) is 5.90. The first-order chi connectivity index (χ1) is 14.6. The van der Waals surface area contributed by atoms with E-state index in [9.17, 15) is 19.5 Å². The van der Waals surface area contributed by atoms with Crippen molar-refractivity contribution in [1.29, 1.82) is 0 Å². The van der Waals surface area contributed by atoms with Gasteiger partial charge in [0.25, 0.3) is 5.91 Å². The summed E-state index contributed by atoms with van der Waals surface area (Å²) in [5.41, 5.74) is 2.97. The van der Waals surface area contributed by atoms with E-state index in [1.807, 2.05) is 30.3 Å². The molecule has 0 bridgehead atoms. The topological polar surface area (TPSA) is 128 Å². The first-order valence-corrected chi connectivity index (χ1v) is 9.89. The monoisotopic (exact) mass is 427 g/mol. The second-order valence-electron chi connectivity index (χ2n) is 8.31. The lowest BCUT2D eigenvalue weighted by Crippen LogP contribution is -2.55. The van der Waals surface area contributed by atoms with Gasteiger partial charge in [0, 0.05) is 7.05 Å². The molecule has 0 aromatic heterocycles. The van der Waals surface area contributed by atoms with Gasteiger partial charge in [-0.1, -0.05) is 75.4 Å². The van der Waals surface area contributed by atoms with Gasteiger partial charge in [-0.05, 0) is 22.1 Å². The number of nitrogens with one attached hydrogen (secondary N) is 3. The van der Waals surface area contributed by atoms with Gasteiger partial charge in [0.2, 0.25) is 11.8 Å². The van der Waals surface area contributed by atoms with Crippen LogP contribution in [0.3, 0.4) is 0 Å². The van der Waals surface area contributed by atoms with Crippen LogP contribution < -0.4 is 16.1 Å². The molecule has 0 aliphatic heterocycles. The fourth-order valence-electron chi connectivity index (χ4n) is 3.26. The van der Waals surface area contributed by atoms with Crippen molar-refractivity contribution in [1.82, 2.24) is 16.1 Å². The van der Waals surface area contributed by atoms with Crippen LogP contribution in [0.15, 0.2) is 54.6 Å². The van der Waals surface area contributed by atoms with Gasteiger partial charge in [-0.2, -0.15) is 0 Å². The molecule has 3 atom stereocenters. The lowest BCUT2D eigenvalue weighted by molar-refractivity contribution is -0.143. The maximum Gasteiger partial charge on any atom is 0.273 e. The Morgan fingerprint density at radius 2 is 1.39 bits per heavy atom. The third-order valence-electron chi connectivity index (χ3n) is 5.02. The highest BCUT2D eigenvalue weighted by Gasteiger charge is 2.38. The Bertz CT molecular complexity index is 907. The molecule has 2 unspecified atom stereocenters. The van der Waals surface area contributed by atoms with E-state index in [-0.39, 0.29) is 0 Å². The summed E-state index contributed by atoms with van der Waals surface area (Å²) in [5.74, 6) is -3.58. The van der Waals surface area contributed by atoms with Gasteiger partial charge in [0.15, 0.2) is 6.10 Å². The van der Waals surface area contributed by atoms with Gasteiger partial charge >= 0.3 is 0 Å². The van der Waals surface area contributed by atoms with Crippen molar-refractivity contribution in [2.24, 2.45) is 5.41 Å². The highest BCUT2D eigenvalue weighted by molar-refractivity contribution is 5.95. The minimum absolute atomic E-state index is 0.359. The Kier molecular flexibility index (Phi) is 7.90. The Balaban J connectivity index is 2.40. The van der Waals surface area contributed by atoms with Crippen molar-refractivity contribution in [2.45, 2.75) is 38.8 Å². The Hall–Kier alpha value is -3.23. The number of benzene rings is 2. The normalized spacial score (nSPS) is 14.1. The van der Waals surface area contributed by atoms with Crippen LogP contribution in [0.4, 0.5) is 0 Å². The number of carbonyl (C=O) groups is 3. The third-order valence-corrected chi connectivity index (χ3v) is 5.02. The number of hydrogen-bond acceptors (Lipinski definition) is 5. The minimum atomic E-state index is -1.86. The van der Waals surface area contributed by atoms with Crippen LogP contribution in [0.5, 0.6) is 0 Å². The van der Waals surface area contributed by atoms with Crippen LogP contribution in [0.25, 0.3) is 11.1 Å². The summed E-state index contributed by atoms with van der Waals surface area (Å²) < 4.78 is 0. The molecule has 0 heterocycles. The molecule has 8 nitrogen and oxygen atoms in total. The summed E-state index contributed by atoms with van der Waals surface area (Å²) in [4.78, 5) is 37.4. The first-order valence-electron chi connectivity index (χ1n) is 9.89. The molecule has 5 N–H and O–H groups in total. The molecule has 8 heteroatoms. The number of hydrogen-bond donors (Lipinski definition) is 5. The fourth-order valence-corrected chi connectivity index (χ4v) is 3.26. The number of carbonyl (C=O) groups excluding carboxylic acids is 3. The molecule has 0 radical (unpaired) electrons. The highest BCUT2D eigenvalue weighted by Crippen LogP contribution is 2.27. The van der Waals surface area contributed by atoms with E-state index in [0.717, 1.165) is 11.1 Å². The van der Waals surface area contributed by atoms with E-state index in [1.54, 1.807) is 45.0 Å². The first kappa shape index (κ1) is 24.0. The van der Waals surface area contributed by atoms with E-state index in [4.69, 9.17) is 5.21 Å².